The van der Waals surface area contributed by atoms with E-state index in [0.29, 0.717) is 5.56 Å². The van der Waals surface area contributed by atoms with E-state index >= 15 is 0 Å². The van der Waals surface area contributed by atoms with Crippen LogP contribution in [0.5, 0.6) is 0 Å². The van der Waals surface area contributed by atoms with Crippen molar-refractivity contribution in [1.29, 1.82) is 0 Å². The number of anilines is 1. The summed E-state index contributed by atoms with van der Waals surface area (Å²) in [6.07, 6.45) is -4.43. The van der Waals surface area contributed by atoms with Gasteiger partial charge in [0.25, 0.3) is 0 Å². The number of carbonyl (C=O) groups is 1. The summed E-state index contributed by atoms with van der Waals surface area (Å²) in [5.41, 5.74) is 0.791. The lowest BCUT2D eigenvalue weighted by molar-refractivity contribution is -0.137. The molecule has 1 aromatic heterocycles. The molecule has 1 N–H and O–H groups in total. The van der Waals surface area contributed by atoms with Gasteiger partial charge in [0.2, 0.25) is 11.7 Å². The maximum absolute atomic E-state index is 12.8. The molecule has 0 radical (unpaired) electrons. The number of hydrogen-bond donors (Lipinski definition) is 1. The SMILES string of the molecule is CC(=O)c1ccc(NCc2nc(-c3cccc(C(F)(F)F)c3)no2)cc1. The Morgan fingerprint density at radius 1 is 1.15 bits per heavy atom. The van der Waals surface area contributed by atoms with Crippen molar-refractivity contribution in [1.82, 2.24) is 10.1 Å². The quantitative estimate of drug-likeness (QED) is 0.674. The van der Waals surface area contributed by atoms with Crippen molar-refractivity contribution < 1.29 is 22.5 Å². The normalized spacial score (nSPS) is 11.4. The minimum absolute atomic E-state index is 0.0285. The number of nitrogens with zero attached hydrogens (tertiary/aromatic N) is 2. The zero-order chi connectivity index (χ0) is 18.7. The minimum atomic E-state index is -4.43. The van der Waals surface area contributed by atoms with Crippen LogP contribution in [-0.4, -0.2) is 15.9 Å². The van der Waals surface area contributed by atoms with Crippen LogP contribution in [0.25, 0.3) is 11.4 Å². The van der Waals surface area contributed by atoms with Gasteiger partial charge in [-0.3, -0.25) is 4.79 Å². The second kappa shape index (κ2) is 6.99. The van der Waals surface area contributed by atoms with Gasteiger partial charge in [-0.2, -0.15) is 18.2 Å². The fraction of sp³-hybridized carbons (Fsp3) is 0.167. The van der Waals surface area contributed by atoms with E-state index in [1.54, 1.807) is 24.3 Å². The van der Waals surface area contributed by atoms with Crippen LogP contribution in [0, 0.1) is 0 Å². The van der Waals surface area contributed by atoms with Crippen LogP contribution >= 0.6 is 0 Å². The summed E-state index contributed by atoms with van der Waals surface area (Å²) in [5.74, 6) is 0.284. The molecule has 0 fully saturated rings. The first-order valence-corrected chi connectivity index (χ1v) is 7.68. The van der Waals surface area contributed by atoms with Crippen molar-refractivity contribution in [2.75, 3.05) is 5.32 Å². The first-order valence-electron chi connectivity index (χ1n) is 7.68. The Labute approximate surface area is 146 Å². The van der Waals surface area contributed by atoms with Gasteiger partial charge < -0.3 is 9.84 Å². The maximum Gasteiger partial charge on any atom is 0.416 e. The first-order chi connectivity index (χ1) is 12.3. The standard InChI is InChI=1S/C18H14F3N3O2/c1-11(25)12-5-7-15(8-6-12)22-10-16-23-17(24-26-16)13-3-2-4-14(9-13)18(19,20)21/h2-9,22H,10H2,1H3. The third-order valence-electron chi connectivity index (χ3n) is 3.65. The third-order valence-corrected chi connectivity index (χ3v) is 3.65. The fourth-order valence-corrected chi connectivity index (χ4v) is 2.28. The van der Waals surface area contributed by atoms with E-state index in [9.17, 15) is 18.0 Å². The number of rotatable bonds is 5. The number of nitrogens with one attached hydrogen (secondary N) is 1. The van der Waals surface area contributed by atoms with E-state index < -0.39 is 11.7 Å². The summed E-state index contributed by atoms with van der Waals surface area (Å²) in [7, 11) is 0. The largest absolute Gasteiger partial charge is 0.416 e. The molecule has 0 atom stereocenters. The molecule has 3 aromatic rings. The van der Waals surface area contributed by atoms with E-state index in [1.165, 1.54) is 19.1 Å². The Morgan fingerprint density at radius 3 is 2.54 bits per heavy atom. The smallest absolute Gasteiger partial charge is 0.376 e. The Morgan fingerprint density at radius 2 is 1.88 bits per heavy atom. The molecule has 0 unspecified atom stereocenters. The van der Waals surface area contributed by atoms with Gasteiger partial charge in [-0.25, -0.2) is 0 Å². The van der Waals surface area contributed by atoms with Crippen LogP contribution in [0.2, 0.25) is 0 Å². The summed E-state index contributed by atoms with van der Waals surface area (Å²) in [6.45, 7) is 1.68. The molecule has 134 valence electrons. The van der Waals surface area contributed by atoms with Gasteiger partial charge in [-0.1, -0.05) is 17.3 Å². The van der Waals surface area contributed by atoms with E-state index in [2.05, 4.69) is 15.5 Å². The van der Waals surface area contributed by atoms with E-state index in [1.807, 2.05) is 0 Å². The number of carbonyl (C=O) groups excluding carboxylic acids is 1. The molecule has 0 bridgehead atoms. The van der Waals surface area contributed by atoms with Gasteiger partial charge in [0.15, 0.2) is 5.78 Å². The number of ketones is 1. The summed E-state index contributed by atoms with van der Waals surface area (Å²) in [4.78, 5) is 15.3. The number of alkyl halides is 3. The van der Waals surface area contributed by atoms with Gasteiger partial charge >= 0.3 is 6.18 Å². The molecule has 3 rings (SSSR count). The molecule has 0 amide bonds. The molecule has 0 saturated heterocycles. The predicted octanol–water partition coefficient (Wildman–Crippen LogP) is 4.57. The average Bonchev–Trinajstić information content (AvgIpc) is 3.09. The third kappa shape index (κ3) is 4.08. The number of Topliss-reactive ketones (excluding diaryl/α,β-unsaturated/α-hetero) is 1. The van der Waals surface area contributed by atoms with Gasteiger partial charge in [0.1, 0.15) is 0 Å². The molecule has 1 heterocycles. The molecule has 2 aromatic carbocycles. The van der Waals surface area contributed by atoms with Crippen molar-refractivity contribution in [3.8, 4) is 11.4 Å². The number of hydrogen-bond acceptors (Lipinski definition) is 5. The molecule has 26 heavy (non-hydrogen) atoms. The topological polar surface area (TPSA) is 68.0 Å². The lowest BCUT2D eigenvalue weighted by Gasteiger charge is -2.06. The predicted molar refractivity (Wildman–Crippen MR) is 88.5 cm³/mol. The molecular formula is C18H14F3N3O2. The number of halogens is 3. The summed E-state index contributed by atoms with van der Waals surface area (Å²) >= 11 is 0. The van der Waals surface area contributed by atoms with E-state index in [0.717, 1.165) is 17.8 Å². The molecule has 8 heteroatoms. The highest BCUT2D eigenvalue weighted by Crippen LogP contribution is 2.31. The van der Waals surface area contributed by atoms with E-state index in [4.69, 9.17) is 4.52 Å². The van der Waals surface area contributed by atoms with Gasteiger partial charge in [-0.05, 0) is 43.3 Å². The van der Waals surface area contributed by atoms with Crippen LogP contribution in [0.15, 0.2) is 53.1 Å². The Bertz CT molecular complexity index is 918. The second-order valence-electron chi connectivity index (χ2n) is 5.58. The Balaban J connectivity index is 1.69. The molecule has 0 saturated carbocycles. The van der Waals surface area contributed by atoms with Gasteiger partial charge in [0, 0.05) is 16.8 Å². The van der Waals surface area contributed by atoms with Crippen LogP contribution in [-0.2, 0) is 12.7 Å². The average molecular weight is 361 g/mol. The highest BCUT2D eigenvalue weighted by molar-refractivity contribution is 5.94. The first kappa shape index (κ1) is 17.7. The van der Waals surface area contributed by atoms with Crippen molar-refractivity contribution in [2.24, 2.45) is 0 Å². The number of benzene rings is 2. The summed E-state index contributed by atoms with van der Waals surface area (Å²) < 4.78 is 43.4. The zero-order valence-corrected chi connectivity index (χ0v) is 13.7. The van der Waals surface area contributed by atoms with Crippen molar-refractivity contribution >= 4 is 11.5 Å². The Kier molecular flexibility index (Phi) is 4.75. The van der Waals surface area contributed by atoms with Crippen molar-refractivity contribution in [3.63, 3.8) is 0 Å². The lowest BCUT2D eigenvalue weighted by Crippen LogP contribution is -2.04. The van der Waals surface area contributed by atoms with Crippen LogP contribution in [0.4, 0.5) is 18.9 Å². The van der Waals surface area contributed by atoms with Crippen LogP contribution in [0.3, 0.4) is 0 Å². The molecule has 0 aliphatic heterocycles. The van der Waals surface area contributed by atoms with Crippen LogP contribution in [0.1, 0.15) is 28.7 Å². The zero-order valence-electron chi connectivity index (χ0n) is 13.7. The Hall–Kier alpha value is -3.16. The summed E-state index contributed by atoms with van der Waals surface area (Å²) in [6, 6.07) is 11.6. The molecular weight excluding hydrogens is 347 g/mol. The highest BCUT2D eigenvalue weighted by Gasteiger charge is 2.30. The van der Waals surface area contributed by atoms with Gasteiger partial charge in [0.05, 0.1) is 12.1 Å². The fourth-order valence-electron chi connectivity index (χ4n) is 2.28. The van der Waals surface area contributed by atoms with E-state index in [-0.39, 0.29) is 29.6 Å². The molecule has 5 nitrogen and oxygen atoms in total. The van der Waals surface area contributed by atoms with Crippen molar-refractivity contribution in [2.45, 2.75) is 19.6 Å². The molecule has 0 aliphatic rings. The lowest BCUT2D eigenvalue weighted by atomic mass is 10.1. The number of aromatic nitrogens is 2. The van der Waals surface area contributed by atoms with Crippen molar-refractivity contribution in [3.05, 3.63) is 65.5 Å². The minimum Gasteiger partial charge on any atom is -0.376 e. The molecule has 0 aliphatic carbocycles. The maximum atomic E-state index is 12.8. The highest BCUT2D eigenvalue weighted by atomic mass is 19.4. The summed E-state index contributed by atoms with van der Waals surface area (Å²) in [5, 5.41) is 6.76. The second-order valence-corrected chi connectivity index (χ2v) is 5.58. The van der Waals surface area contributed by atoms with Crippen LogP contribution < -0.4 is 5.32 Å². The monoisotopic (exact) mass is 361 g/mol. The van der Waals surface area contributed by atoms with Gasteiger partial charge in [-0.15, -0.1) is 0 Å². The molecule has 0 spiro atoms.